The van der Waals surface area contributed by atoms with Gasteiger partial charge >= 0.3 is 6.18 Å². The average Bonchev–Trinajstić information content (AvgIpc) is 2.71. The van der Waals surface area contributed by atoms with Gasteiger partial charge in [-0.2, -0.15) is 13.2 Å². The van der Waals surface area contributed by atoms with E-state index in [9.17, 15) is 13.2 Å². The number of nitrogens with one attached hydrogen (secondary N) is 1. The van der Waals surface area contributed by atoms with Crippen LogP contribution in [0.3, 0.4) is 0 Å². The van der Waals surface area contributed by atoms with Gasteiger partial charge in [0.2, 0.25) is 0 Å². The molecule has 0 unspecified atom stereocenters. The zero-order valence-corrected chi connectivity index (χ0v) is 9.57. The van der Waals surface area contributed by atoms with Crippen LogP contribution >= 0.6 is 0 Å². The van der Waals surface area contributed by atoms with Crippen LogP contribution in [0.25, 0.3) is 0 Å². The lowest BCUT2D eigenvalue weighted by molar-refractivity contribution is -0.137. The molecule has 0 bridgehead atoms. The Labute approximate surface area is 101 Å². The lowest BCUT2D eigenvalue weighted by Crippen LogP contribution is -2.13. The van der Waals surface area contributed by atoms with Gasteiger partial charge in [0.25, 0.3) is 0 Å². The fourth-order valence-electron chi connectivity index (χ4n) is 1.50. The highest BCUT2D eigenvalue weighted by atomic mass is 19.4. The van der Waals surface area contributed by atoms with Crippen molar-refractivity contribution in [2.45, 2.75) is 12.7 Å². The molecule has 2 rings (SSSR count). The Hall–Kier alpha value is -2.05. The van der Waals surface area contributed by atoms with E-state index in [4.69, 9.17) is 0 Å². The van der Waals surface area contributed by atoms with Crippen LogP contribution in [0.1, 0.15) is 11.4 Å². The average molecular weight is 256 g/mol. The van der Waals surface area contributed by atoms with E-state index in [1.165, 1.54) is 12.3 Å². The van der Waals surface area contributed by atoms with Gasteiger partial charge in [-0.1, -0.05) is 0 Å². The fourth-order valence-corrected chi connectivity index (χ4v) is 1.50. The van der Waals surface area contributed by atoms with Gasteiger partial charge in [-0.3, -0.25) is 0 Å². The highest BCUT2D eigenvalue weighted by molar-refractivity contribution is 5.45. The number of imidazole rings is 1. The first-order chi connectivity index (χ1) is 8.48. The van der Waals surface area contributed by atoms with Crippen LogP contribution in [0, 0.1) is 0 Å². The Balaban J connectivity index is 2.17. The minimum Gasteiger partial charge on any atom is -0.362 e. The van der Waals surface area contributed by atoms with Gasteiger partial charge in [-0.25, -0.2) is 9.97 Å². The summed E-state index contributed by atoms with van der Waals surface area (Å²) < 4.78 is 39.8. The molecule has 2 aromatic rings. The third-order valence-electron chi connectivity index (χ3n) is 2.45. The Bertz CT molecular complexity index is 533. The van der Waals surface area contributed by atoms with Crippen LogP contribution in [0.5, 0.6) is 0 Å². The molecule has 2 aromatic heterocycles. The molecule has 0 aliphatic rings. The number of aryl methyl sites for hydroxylation is 1. The van der Waals surface area contributed by atoms with Crippen LogP contribution in [0.2, 0.25) is 0 Å². The van der Waals surface area contributed by atoms with E-state index in [2.05, 4.69) is 15.3 Å². The van der Waals surface area contributed by atoms with Crippen molar-refractivity contribution in [1.82, 2.24) is 14.5 Å². The van der Waals surface area contributed by atoms with Gasteiger partial charge in [-0.05, 0) is 12.1 Å². The molecule has 4 nitrogen and oxygen atoms in total. The maximum absolute atomic E-state index is 12.7. The SMILES string of the molecule is Cn1ccnc1CNc1ncccc1C(F)(F)F. The summed E-state index contributed by atoms with van der Waals surface area (Å²) in [7, 11) is 1.77. The second-order valence-electron chi connectivity index (χ2n) is 3.71. The lowest BCUT2D eigenvalue weighted by Gasteiger charge is -2.12. The molecule has 0 spiro atoms. The molecule has 0 saturated heterocycles. The third-order valence-corrected chi connectivity index (χ3v) is 2.45. The van der Waals surface area contributed by atoms with Crippen molar-refractivity contribution in [2.24, 2.45) is 7.05 Å². The van der Waals surface area contributed by atoms with Crippen molar-refractivity contribution in [1.29, 1.82) is 0 Å². The van der Waals surface area contributed by atoms with E-state index in [-0.39, 0.29) is 12.4 Å². The van der Waals surface area contributed by atoms with Gasteiger partial charge in [-0.15, -0.1) is 0 Å². The molecule has 0 aliphatic carbocycles. The molecule has 0 aromatic carbocycles. The summed E-state index contributed by atoms with van der Waals surface area (Å²) in [4.78, 5) is 7.72. The number of aromatic nitrogens is 3. The molecule has 0 atom stereocenters. The molecule has 1 N–H and O–H groups in total. The number of anilines is 1. The predicted octanol–water partition coefficient (Wildman–Crippen LogP) is 2.45. The number of hydrogen-bond acceptors (Lipinski definition) is 3. The molecule has 0 amide bonds. The van der Waals surface area contributed by atoms with E-state index in [0.717, 1.165) is 6.07 Å². The Morgan fingerprint density at radius 1 is 1.28 bits per heavy atom. The van der Waals surface area contributed by atoms with Gasteiger partial charge in [0, 0.05) is 25.6 Å². The first kappa shape index (κ1) is 12.4. The Morgan fingerprint density at radius 2 is 2.06 bits per heavy atom. The molecule has 96 valence electrons. The minimum atomic E-state index is -4.42. The lowest BCUT2D eigenvalue weighted by atomic mass is 10.2. The van der Waals surface area contributed by atoms with Crippen LogP contribution in [-0.4, -0.2) is 14.5 Å². The molecule has 0 radical (unpaired) electrons. The normalized spacial score (nSPS) is 11.6. The number of pyridine rings is 1. The van der Waals surface area contributed by atoms with Crippen LogP contribution in [0.4, 0.5) is 19.0 Å². The number of alkyl halides is 3. The quantitative estimate of drug-likeness (QED) is 0.917. The van der Waals surface area contributed by atoms with Crippen LogP contribution in [-0.2, 0) is 19.8 Å². The van der Waals surface area contributed by atoms with Crippen molar-refractivity contribution in [3.05, 3.63) is 42.1 Å². The molecule has 2 heterocycles. The zero-order chi connectivity index (χ0) is 13.2. The van der Waals surface area contributed by atoms with E-state index in [0.29, 0.717) is 5.82 Å². The van der Waals surface area contributed by atoms with E-state index in [1.807, 2.05) is 0 Å². The maximum atomic E-state index is 12.7. The number of halogens is 3. The summed E-state index contributed by atoms with van der Waals surface area (Å²) in [5.41, 5.74) is -0.779. The van der Waals surface area contributed by atoms with E-state index >= 15 is 0 Å². The summed E-state index contributed by atoms with van der Waals surface area (Å²) in [6.45, 7) is 0.184. The molecule has 7 heteroatoms. The number of nitrogens with zero attached hydrogens (tertiary/aromatic N) is 3. The summed E-state index contributed by atoms with van der Waals surface area (Å²) in [6.07, 6.45) is 0.203. The number of hydrogen-bond donors (Lipinski definition) is 1. The monoisotopic (exact) mass is 256 g/mol. The second kappa shape index (κ2) is 4.67. The first-order valence-electron chi connectivity index (χ1n) is 5.21. The van der Waals surface area contributed by atoms with Crippen molar-refractivity contribution in [3.63, 3.8) is 0 Å². The van der Waals surface area contributed by atoms with Gasteiger partial charge in [0.1, 0.15) is 11.6 Å². The zero-order valence-electron chi connectivity index (χ0n) is 9.57. The van der Waals surface area contributed by atoms with Gasteiger partial charge < -0.3 is 9.88 Å². The molecular weight excluding hydrogens is 245 g/mol. The Kier molecular flexibility index (Phi) is 3.22. The van der Waals surface area contributed by atoms with Crippen molar-refractivity contribution < 1.29 is 13.2 Å². The van der Waals surface area contributed by atoms with Crippen molar-refractivity contribution in [3.8, 4) is 0 Å². The predicted molar refractivity (Wildman–Crippen MR) is 59.8 cm³/mol. The molecule has 0 fully saturated rings. The Morgan fingerprint density at radius 3 is 2.67 bits per heavy atom. The minimum absolute atomic E-state index is 0.184. The summed E-state index contributed by atoms with van der Waals surface area (Å²) in [5, 5.41) is 2.65. The number of rotatable bonds is 3. The molecule has 0 aliphatic heterocycles. The van der Waals surface area contributed by atoms with E-state index in [1.54, 1.807) is 24.0 Å². The van der Waals surface area contributed by atoms with Gasteiger partial charge in [0.05, 0.1) is 12.1 Å². The van der Waals surface area contributed by atoms with E-state index < -0.39 is 11.7 Å². The fraction of sp³-hybridized carbons (Fsp3) is 0.273. The smallest absolute Gasteiger partial charge is 0.362 e. The van der Waals surface area contributed by atoms with Crippen molar-refractivity contribution in [2.75, 3.05) is 5.32 Å². The molecular formula is C11H11F3N4. The van der Waals surface area contributed by atoms with Crippen LogP contribution in [0.15, 0.2) is 30.7 Å². The standard InChI is InChI=1S/C11H11F3N4/c1-18-6-5-15-9(18)7-17-10-8(11(12,13)14)3-2-4-16-10/h2-6H,7H2,1H3,(H,16,17). The summed E-state index contributed by atoms with van der Waals surface area (Å²) >= 11 is 0. The molecule has 0 saturated carbocycles. The second-order valence-corrected chi connectivity index (χ2v) is 3.71. The highest BCUT2D eigenvalue weighted by Gasteiger charge is 2.34. The first-order valence-corrected chi connectivity index (χ1v) is 5.21. The third kappa shape index (κ3) is 2.61. The topological polar surface area (TPSA) is 42.7 Å². The molecule has 18 heavy (non-hydrogen) atoms. The summed E-state index contributed by atoms with van der Waals surface area (Å²) in [6, 6.07) is 2.25. The highest BCUT2D eigenvalue weighted by Crippen LogP contribution is 2.33. The van der Waals surface area contributed by atoms with Crippen LogP contribution < -0.4 is 5.32 Å². The van der Waals surface area contributed by atoms with Gasteiger partial charge in [0.15, 0.2) is 0 Å². The maximum Gasteiger partial charge on any atom is 0.419 e. The van der Waals surface area contributed by atoms with Crippen molar-refractivity contribution >= 4 is 5.82 Å². The summed E-state index contributed by atoms with van der Waals surface area (Å²) in [5.74, 6) is 0.446. The largest absolute Gasteiger partial charge is 0.419 e.